The summed E-state index contributed by atoms with van der Waals surface area (Å²) in [7, 11) is 0. The van der Waals surface area contributed by atoms with Crippen LogP contribution in [0.15, 0.2) is 47.3 Å². The Kier molecular flexibility index (Phi) is 6.84. The molecule has 0 atom stereocenters. The van der Waals surface area contributed by atoms with Crippen LogP contribution in [0.5, 0.6) is 0 Å². The zero-order valence-electron chi connectivity index (χ0n) is 19.1. The average molecular weight is 448 g/mol. The fourth-order valence-electron chi connectivity index (χ4n) is 4.19. The second kappa shape index (κ2) is 9.95. The van der Waals surface area contributed by atoms with Gasteiger partial charge in [0.15, 0.2) is 0 Å². The van der Waals surface area contributed by atoms with E-state index < -0.39 is 0 Å². The quantitative estimate of drug-likeness (QED) is 0.604. The van der Waals surface area contributed by atoms with Crippen molar-refractivity contribution in [2.24, 2.45) is 0 Å². The number of aromatic amines is 1. The van der Waals surface area contributed by atoms with Crippen LogP contribution >= 0.6 is 0 Å². The van der Waals surface area contributed by atoms with Gasteiger partial charge in [0.25, 0.3) is 5.56 Å². The second-order valence-electron chi connectivity index (χ2n) is 8.50. The van der Waals surface area contributed by atoms with Crippen LogP contribution in [0.1, 0.15) is 23.4 Å². The van der Waals surface area contributed by atoms with Crippen molar-refractivity contribution in [1.82, 2.24) is 19.8 Å². The number of carbonyl (C=O) groups excluding carboxylic acids is 2. The fraction of sp³-hybridized carbons (Fsp3) is 0.360. The van der Waals surface area contributed by atoms with E-state index in [4.69, 9.17) is 0 Å². The van der Waals surface area contributed by atoms with Crippen molar-refractivity contribution in [3.05, 3.63) is 69.8 Å². The largest absolute Gasteiger partial charge is 0.340 e. The summed E-state index contributed by atoms with van der Waals surface area (Å²) in [6, 6.07) is 13.1. The Bertz CT molecular complexity index is 1210. The maximum Gasteiger partial charge on any atom is 0.258 e. The molecular formula is C25H29N5O3. The van der Waals surface area contributed by atoms with Gasteiger partial charge in [0.05, 0.1) is 17.4 Å². The number of aryl methyl sites for hydroxylation is 3. The molecule has 1 saturated heterocycles. The number of nitrogens with one attached hydrogen (secondary N) is 2. The number of aromatic nitrogens is 2. The van der Waals surface area contributed by atoms with Crippen molar-refractivity contribution >= 4 is 28.4 Å². The van der Waals surface area contributed by atoms with Gasteiger partial charge >= 0.3 is 0 Å². The maximum atomic E-state index is 12.7. The molecule has 172 valence electrons. The number of para-hydroxylation sites is 2. The van der Waals surface area contributed by atoms with E-state index in [0.29, 0.717) is 55.9 Å². The second-order valence-corrected chi connectivity index (χ2v) is 8.50. The minimum atomic E-state index is -0.184. The third-order valence-electron chi connectivity index (χ3n) is 6.08. The van der Waals surface area contributed by atoms with Crippen LogP contribution in [0.3, 0.4) is 0 Å². The Labute approximate surface area is 192 Å². The number of amides is 2. The summed E-state index contributed by atoms with van der Waals surface area (Å²) >= 11 is 0. The number of hydrogen-bond donors (Lipinski definition) is 2. The molecule has 0 aliphatic carbocycles. The van der Waals surface area contributed by atoms with Crippen molar-refractivity contribution in [2.75, 3.05) is 38.0 Å². The highest BCUT2D eigenvalue weighted by Gasteiger charge is 2.23. The molecule has 1 aliphatic rings. The van der Waals surface area contributed by atoms with Crippen LogP contribution < -0.4 is 10.9 Å². The van der Waals surface area contributed by atoms with Gasteiger partial charge in [0.1, 0.15) is 5.82 Å². The third kappa shape index (κ3) is 5.46. The average Bonchev–Trinajstić information content (AvgIpc) is 2.80. The molecule has 0 spiro atoms. The minimum absolute atomic E-state index is 0.0328. The van der Waals surface area contributed by atoms with Crippen molar-refractivity contribution in [1.29, 1.82) is 0 Å². The van der Waals surface area contributed by atoms with Crippen molar-refractivity contribution < 1.29 is 9.59 Å². The fourth-order valence-corrected chi connectivity index (χ4v) is 4.19. The Hall–Kier alpha value is -3.52. The number of nitrogens with zero attached hydrogens (tertiary/aromatic N) is 3. The molecule has 1 aliphatic heterocycles. The summed E-state index contributed by atoms with van der Waals surface area (Å²) in [6.45, 7) is 6.73. The highest BCUT2D eigenvalue weighted by Crippen LogP contribution is 2.19. The molecule has 8 nitrogen and oxygen atoms in total. The molecule has 4 rings (SSSR count). The van der Waals surface area contributed by atoms with Gasteiger partial charge in [-0.1, -0.05) is 30.3 Å². The lowest BCUT2D eigenvalue weighted by atomic mass is 10.1. The smallest absolute Gasteiger partial charge is 0.258 e. The number of H-pyrrole nitrogens is 1. The molecule has 2 aromatic carbocycles. The Balaban J connectivity index is 1.25. The Morgan fingerprint density at radius 2 is 1.70 bits per heavy atom. The predicted octanol–water partition coefficient (Wildman–Crippen LogP) is 2.26. The van der Waals surface area contributed by atoms with Gasteiger partial charge < -0.3 is 15.2 Å². The summed E-state index contributed by atoms with van der Waals surface area (Å²) in [5, 5.41) is 3.56. The highest BCUT2D eigenvalue weighted by molar-refractivity contribution is 5.93. The number of carbonyl (C=O) groups is 2. The van der Waals surface area contributed by atoms with E-state index in [1.54, 1.807) is 18.2 Å². The molecule has 2 N–H and O–H groups in total. The molecule has 2 amide bonds. The number of fused-ring (bicyclic) bond motifs is 1. The van der Waals surface area contributed by atoms with E-state index in [9.17, 15) is 14.4 Å². The Morgan fingerprint density at radius 3 is 2.42 bits per heavy atom. The number of piperazine rings is 1. The SMILES string of the molecule is Cc1cccc(C)c1NC(=O)CN1CCN(C(=O)CCc2nc3ccccc3c(=O)[nH]2)CC1. The molecule has 3 aromatic rings. The number of hydrogen-bond acceptors (Lipinski definition) is 5. The first-order chi connectivity index (χ1) is 15.9. The van der Waals surface area contributed by atoms with Gasteiger partial charge in [-0.05, 0) is 37.1 Å². The van der Waals surface area contributed by atoms with Gasteiger partial charge in [0, 0.05) is 44.7 Å². The zero-order valence-corrected chi connectivity index (χ0v) is 19.1. The molecule has 1 aromatic heterocycles. The molecule has 0 saturated carbocycles. The van der Waals surface area contributed by atoms with Crippen molar-refractivity contribution in [2.45, 2.75) is 26.7 Å². The lowest BCUT2D eigenvalue weighted by Gasteiger charge is -2.34. The maximum absolute atomic E-state index is 12.7. The van der Waals surface area contributed by atoms with Crippen molar-refractivity contribution in [3.8, 4) is 0 Å². The molecule has 2 heterocycles. The molecule has 8 heteroatoms. The van der Waals surface area contributed by atoms with Gasteiger partial charge in [-0.3, -0.25) is 19.3 Å². The molecular weight excluding hydrogens is 418 g/mol. The number of benzene rings is 2. The van der Waals surface area contributed by atoms with Gasteiger partial charge in [-0.2, -0.15) is 0 Å². The first-order valence-electron chi connectivity index (χ1n) is 11.2. The number of rotatable bonds is 6. The van der Waals surface area contributed by atoms with Crippen LogP contribution in [0.4, 0.5) is 5.69 Å². The standard InChI is InChI=1S/C25H29N5O3/c1-17-6-5-7-18(2)24(17)28-22(31)16-29-12-14-30(15-13-29)23(32)11-10-21-26-20-9-4-3-8-19(20)25(33)27-21/h3-9H,10-16H2,1-2H3,(H,28,31)(H,26,27,33). The van der Waals surface area contributed by atoms with Crippen LogP contribution in [0.2, 0.25) is 0 Å². The lowest BCUT2D eigenvalue weighted by Crippen LogP contribution is -2.50. The van der Waals surface area contributed by atoms with Crippen LogP contribution in [-0.2, 0) is 16.0 Å². The molecule has 1 fully saturated rings. The van der Waals surface area contributed by atoms with Gasteiger partial charge in [-0.25, -0.2) is 4.98 Å². The van der Waals surface area contributed by atoms with E-state index in [1.165, 1.54) is 0 Å². The summed E-state index contributed by atoms with van der Waals surface area (Å²) in [4.78, 5) is 48.5. The van der Waals surface area contributed by atoms with E-state index in [-0.39, 0.29) is 23.8 Å². The summed E-state index contributed by atoms with van der Waals surface area (Å²) in [6.07, 6.45) is 0.672. The van der Waals surface area contributed by atoms with Crippen LogP contribution in [0, 0.1) is 13.8 Å². The third-order valence-corrected chi connectivity index (χ3v) is 6.08. The lowest BCUT2D eigenvalue weighted by molar-refractivity contribution is -0.133. The Morgan fingerprint density at radius 1 is 1.00 bits per heavy atom. The highest BCUT2D eigenvalue weighted by atomic mass is 16.2. The zero-order chi connectivity index (χ0) is 23.4. The summed E-state index contributed by atoms with van der Waals surface area (Å²) in [5.41, 5.74) is 3.41. The predicted molar refractivity (Wildman–Crippen MR) is 128 cm³/mol. The molecule has 0 radical (unpaired) electrons. The summed E-state index contributed by atoms with van der Waals surface area (Å²) < 4.78 is 0. The molecule has 0 unspecified atom stereocenters. The van der Waals surface area contributed by atoms with Gasteiger partial charge in [-0.15, -0.1) is 0 Å². The van der Waals surface area contributed by atoms with E-state index in [0.717, 1.165) is 16.8 Å². The topological polar surface area (TPSA) is 98.4 Å². The number of anilines is 1. The first kappa shape index (κ1) is 22.7. The van der Waals surface area contributed by atoms with Crippen molar-refractivity contribution in [3.63, 3.8) is 0 Å². The van der Waals surface area contributed by atoms with Crippen LogP contribution in [0.25, 0.3) is 10.9 Å². The normalized spacial score (nSPS) is 14.4. The van der Waals surface area contributed by atoms with E-state index in [1.807, 2.05) is 43.0 Å². The molecule has 33 heavy (non-hydrogen) atoms. The van der Waals surface area contributed by atoms with Crippen LogP contribution in [-0.4, -0.2) is 64.3 Å². The molecule has 0 bridgehead atoms. The van der Waals surface area contributed by atoms with E-state index >= 15 is 0 Å². The summed E-state index contributed by atoms with van der Waals surface area (Å²) in [5.74, 6) is 0.512. The van der Waals surface area contributed by atoms with Gasteiger partial charge in [0.2, 0.25) is 11.8 Å². The monoisotopic (exact) mass is 447 g/mol. The first-order valence-corrected chi connectivity index (χ1v) is 11.2. The van der Waals surface area contributed by atoms with E-state index in [2.05, 4.69) is 20.2 Å². The minimum Gasteiger partial charge on any atom is -0.340 e.